The number of likely N-dealkylation sites (N-methyl/N-ethyl adjacent to an activating group) is 1. The third-order valence-corrected chi connectivity index (χ3v) is 4.41. The van der Waals surface area contributed by atoms with Crippen LogP contribution >= 0.6 is 11.3 Å². The van der Waals surface area contributed by atoms with Crippen LogP contribution in [0.3, 0.4) is 0 Å². The zero-order valence-corrected chi connectivity index (χ0v) is 15.7. The molecule has 0 amide bonds. The molecule has 0 saturated heterocycles. The molecule has 0 saturated carbocycles. The van der Waals surface area contributed by atoms with E-state index in [4.69, 9.17) is 5.73 Å². The molecule has 0 bridgehead atoms. The van der Waals surface area contributed by atoms with Crippen LogP contribution in [0.25, 0.3) is 10.2 Å². The maximum Gasteiger partial charge on any atom is 0.332 e. The smallest absolute Gasteiger partial charge is 0.332 e. The largest absolute Gasteiger partial charge is 1.00 e. The monoisotopic (exact) mass is 349 g/mol. The Balaban J connectivity index is 0.00000200. The molecule has 0 aliphatic rings. The average molecular weight is 350 g/mol. The Labute approximate surface area is 144 Å². The summed E-state index contributed by atoms with van der Waals surface area (Å²) in [6.45, 7) is 8.79. The van der Waals surface area contributed by atoms with E-state index in [1.165, 1.54) is 20.7 Å². The van der Waals surface area contributed by atoms with Crippen molar-refractivity contribution in [2.75, 3.05) is 26.4 Å². The molecule has 120 valence electrons. The lowest BCUT2D eigenvalue weighted by Crippen LogP contribution is -3.06. The molecule has 1 aromatic heterocycles. The average Bonchev–Trinajstić information content (AvgIpc) is 2.59. The lowest BCUT2D eigenvalue weighted by molar-refractivity contribution is -0.879. The van der Waals surface area contributed by atoms with Crippen molar-refractivity contribution in [1.29, 1.82) is 0 Å². The predicted molar refractivity (Wildman–Crippen MR) is 82.8 cm³/mol. The fourth-order valence-corrected chi connectivity index (χ4v) is 3.13. The van der Waals surface area contributed by atoms with Gasteiger partial charge in [0.2, 0.25) is 0 Å². The van der Waals surface area contributed by atoms with Gasteiger partial charge in [-0.2, -0.15) is 0 Å². The highest BCUT2D eigenvalue weighted by atomic mass is 35.5. The standard InChI is InChI=1S/C15H23N3S.2ClH/c1-15(2,3)11-6-7-12-13(10-11)19-14(16)18(12)9-8-17(4)5;;/h6-7,10,16H,8-9H2,1-5H3;2*1H. The topological polar surface area (TPSA) is 34.3 Å². The second-order valence-electron chi connectivity index (χ2n) is 6.48. The molecule has 2 aromatic rings. The molecule has 0 aliphatic heterocycles. The second kappa shape index (κ2) is 7.63. The molecule has 1 aromatic carbocycles. The number of aromatic nitrogens is 1. The fourth-order valence-electron chi connectivity index (χ4n) is 2.14. The molecule has 2 rings (SSSR count). The molecule has 0 radical (unpaired) electrons. The number of quaternary nitrogens is 1. The Hall–Kier alpha value is -0.550. The zero-order valence-electron chi connectivity index (χ0n) is 13.3. The Bertz CT molecular complexity index is 588. The van der Waals surface area contributed by atoms with E-state index < -0.39 is 0 Å². The third kappa shape index (κ3) is 4.71. The normalized spacial score (nSPS) is 11.3. The number of nitrogens with two attached hydrogens (primary N) is 1. The predicted octanol–water partition coefficient (Wildman–Crippen LogP) is -4.78. The van der Waals surface area contributed by atoms with Gasteiger partial charge < -0.3 is 29.7 Å². The molecule has 1 heterocycles. The zero-order chi connectivity index (χ0) is 14.2. The van der Waals surface area contributed by atoms with Crippen molar-refractivity contribution in [3.8, 4) is 0 Å². The summed E-state index contributed by atoms with van der Waals surface area (Å²) in [5.74, 6) is 0. The molecule has 0 atom stereocenters. The van der Waals surface area contributed by atoms with Gasteiger partial charge in [-0.05, 0) is 34.4 Å². The molecule has 3 N–H and O–H groups in total. The van der Waals surface area contributed by atoms with E-state index in [1.54, 1.807) is 11.3 Å². The van der Waals surface area contributed by atoms with Crippen molar-refractivity contribution in [2.45, 2.75) is 32.7 Å². The van der Waals surface area contributed by atoms with Crippen LogP contribution in [-0.4, -0.2) is 20.6 Å². The van der Waals surface area contributed by atoms with Gasteiger partial charge in [-0.25, -0.2) is 4.57 Å². The molecule has 0 fully saturated rings. The lowest BCUT2D eigenvalue weighted by atomic mass is 9.87. The van der Waals surface area contributed by atoms with E-state index in [1.807, 2.05) is 0 Å². The van der Waals surface area contributed by atoms with Gasteiger partial charge in [0.15, 0.2) is 0 Å². The summed E-state index contributed by atoms with van der Waals surface area (Å²) in [5, 5.41) is 0.905. The first-order chi connectivity index (χ1) is 8.79. The minimum Gasteiger partial charge on any atom is -1.00 e. The number of fused-ring (bicyclic) bond motifs is 1. The molecule has 0 spiro atoms. The highest BCUT2D eigenvalue weighted by molar-refractivity contribution is 7.21. The molecule has 6 heteroatoms. The lowest BCUT2D eigenvalue weighted by Gasteiger charge is -2.18. The van der Waals surface area contributed by atoms with Gasteiger partial charge in [-0.1, -0.05) is 26.8 Å². The van der Waals surface area contributed by atoms with Crippen LogP contribution in [-0.2, 0) is 12.0 Å². The minimum absolute atomic E-state index is 0. The summed E-state index contributed by atoms with van der Waals surface area (Å²) >= 11 is 1.69. The molecule has 0 unspecified atom stereocenters. The van der Waals surface area contributed by atoms with E-state index in [-0.39, 0.29) is 30.2 Å². The highest BCUT2D eigenvalue weighted by Crippen LogP contribution is 2.29. The summed E-state index contributed by atoms with van der Waals surface area (Å²) in [6.07, 6.45) is 0. The Morgan fingerprint density at radius 1 is 1.19 bits per heavy atom. The molecular formula is C15H25Cl2N3S. The first kappa shape index (κ1) is 20.5. The summed E-state index contributed by atoms with van der Waals surface area (Å²) in [5.41, 5.74) is 8.99. The third-order valence-electron chi connectivity index (χ3n) is 3.43. The maximum absolute atomic E-state index is 6.17. The van der Waals surface area contributed by atoms with Crippen molar-refractivity contribution < 1.29 is 34.3 Å². The first-order valence-electron chi connectivity index (χ1n) is 6.80. The number of rotatable bonds is 3. The van der Waals surface area contributed by atoms with E-state index in [9.17, 15) is 0 Å². The maximum atomic E-state index is 6.17. The summed E-state index contributed by atoms with van der Waals surface area (Å²) in [4.78, 5) is 1.44. The number of hydrogen-bond donors (Lipinski definition) is 2. The van der Waals surface area contributed by atoms with Crippen molar-refractivity contribution >= 4 is 26.7 Å². The van der Waals surface area contributed by atoms with Crippen LogP contribution in [0.5, 0.6) is 0 Å². The quantitative estimate of drug-likeness (QED) is 0.536. The van der Waals surface area contributed by atoms with Gasteiger partial charge >= 0.3 is 5.13 Å². The van der Waals surface area contributed by atoms with E-state index in [0.717, 1.165) is 18.2 Å². The van der Waals surface area contributed by atoms with Gasteiger partial charge in [-0.3, -0.25) is 5.73 Å². The number of thiazole rings is 1. The minimum atomic E-state index is 0. The Morgan fingerprint density at radius 2 is 1.81 bits per heavy atom. The molecule has 0 aliphatic carbocycles. The summed E-state index contributed by atoms with van der Waals surface area (Å²) in [6, 6.07) is 6.73. The van der Waals surface area contributed by atoms with Gasteiger partial charge in [-0.15, -0.1) is 0 Å². The number of nitrogen functional groups attached to an aromatic ring is 1. The van der Waals surface area contributed by atoms with Crippen molar-refractivity contribution in [2.24, 2.45) is 0 Å². The van der Waals surface area contributed by atoms with Gasteiger partial charge in [0, 0.05) is 0 Å². The van der Waals surface area contributed by atoms with E-state index >= 15 is 0 Å². The molecular weight excluding hydrogens is 325 g/mol. The van der Waals surface area contributed by atoms with Crippen molar-refractivity contribution in [1.82, 2.24) is 0 Å². The van der Waals surface area contributed by atoms with E-state index in [2.05, 4.69) is 57.6 Å². The van der Waals surface area contributed by atoms with Crippen LogP contribution in [0.15, 0.2) is 18.2 Å². The number of hydrogen-bond acceptors (Lipinski definition) is 2. The van der Waals surface area contributed by atoms with Gasteiger partial charge in [0.1, 0.15) is 18.6 Å². The van der Waals surface area contributed by atoms with Crippen molar-refractivity contribution in [3.63, 3.8) is 0 Å². The molecule has 3 nitrogen and oxygen atoms in total. The summed E-state index contributed by atoms with van der Waals surface area (Å²) in [7, 11) is 4.34. The number of nitrogens with one attached hydrogen (secondary N) is 1. The van der Waals surface area contributed by atoms with Crippen LogP contribution in [0.2, 0.25) is 0 Å². The van der Waals surface area contributed by atoms with Gasteiger partial charge in [0.25, 0.3) is 0 Å². The van der Waals surface area contributed by atoms with Crippen LogP contribution in [0.1, 0.15) is 26.3 Å². The number of benzene rings is 1. The summed E-state index contributed by atoms with van der Waals surface area (Å²) < 4.78 is 3.53. The SMILES string of the molecule is C[NH+](C)CC[n+]1c(N)sc2cc(C(C)(C)C)ccc21.[Cl-].[Cl-]. The first-order valence-corrected chi connectivity index (χ1v) is 7.62. The Morgan fingerprint density at radius 3 is 2.33 bits per heavy atom. The van der Waals surface area contributed by atoms with Crippen LogP contribution < -0.4 is 40.0 Å². The number of nitrogens with zero attached hydrogens (tertiary/aromatic N) is 1. The number of halogens is 2. The van der Waals surface area contributed by atoms with Crippen LogP contribution in [0, 0.1) is 0 Å². The van der Waals surface area contributed by atoms with Crippen molar-refractivity contribution in [3.05, 3.63) is 23.8 Å². The second-order valence-corrected chi connectivity index (χ2v) is 7.54. The fraction of sp³-hybridized carbons (Fsp3) is 0.533. The molecule has 21 heavy (non-hydrogen) atoms. The number of anilines is 1. The van der Waals surface area contributed by atoms with Crippen LogP contribution in [0.4, 0.5) is 5.13 Å². The van der Waals surface area contributed by atoms with Gasteiger partial charge in [0.05, 0.1) is 18.8 Å². The van der Waals surface area contributed by atoms with E-state index in [0.29, 0.717) is 0 Å². The highest BCUT2D eigenvalue weighted by Gasteiger charge is 2.19. The Kier molecular flexibility index (Phi) is 7.43.